The zero-order valence-corrected chi connectivity index (χ0v) is 32.5. The molecule has 4 nitrogen and oxygen atoms in total. The van der Waals surface area contributed by atoms with Crippen LogP contribution in [0.5, 0.6) is 0 Å². The second-order valence-corrected chi connectivity index (χ2v) is 27.7. The highest BCUT2D eigenvalue weighted by atomic mass is 28.4. The molecule has 3 aliphatic carbocycles. The van der Waals surface area contributed by atoms with Gasteiger partial charge in [0.1, 0.15) is 6.10 Å². The standard InChI is InChI=1S/C38H66O4Si2/c1-26(23-30-18-21-35(39)40-30)32-19-20-33-28(15-14-22-38(32,33)9)16-17-29-24-31(41-43(10,11)36(3,4)5)25-34(27(29)2)42-44(12,13)37(6,7)8/h16-17,26,30-34H,2,14-15,18-25H2,1,3-13H3/t26-,30?,31-,32-,33?,34+,38-/m1/s1. The third-order valence-corrected chi connectivity index (χ3v) is 22.1. The van der Waals surface area contributed by atoms with Crippen molar-refractivity contribution >= 4 is 22.6 Å². The second kappa shape index (κ2) is 12.9. The molecule has 250 valence electrons. The lowest BCUT2D eigenvalue weighted by Crippen LogP contribution is -2.49. The molecule has 4 rings (SSSR count). The van der Waals surface area contributed by atoms with Gasteiger partial charge in [-0.05, 0) is 122 Å². The lowest BCUT2D eigenvalue weighted by Gasteiger charge is -2.46. The maximum atomic E-state index is 11.7. The minimum atomic E-state index is -1.98. The van der Waals surface area contributed by atoms with Crippen molar-refractivity contribution in [1.82, 2.24) is 0 Å². The molecule has 0 radical (unpaired) electrons. The topological polar surface area (TPSA) is 44.8 Å². The Labute approximate surface area is 273 Å². The normalized spacial score (nSPS) is 34.9. The maximum absolute atomic E-state index is 11.7. The molecule has 0 N–H and O–H groups in total. The predicted octanol–water partition coefficient (Wildman–Crippen LogP) is 10.9. The highest BCUT2D eigenvalue weighted by Gasteiger charge is 2.51. The van der Waals surface area contributed by atoms with Crippen molar-refractivity contribution in [2.75, 3.05) is 0 Å². The van der Waals surface area contributed by atoms with Gasteiger partial charge < -0.3 is 13.6 Å². The van der Waals surface area contributed by atoms with Gasteiger partial charge in [0.2, 0.25) is 0 Å². The predicted molar refractivity (Wildman–Crippen MR) is 190 cm³/mol. The van der Waals surface area contributed by atoms with Crippen LogP contribution in [0.3, 0.4) is 0 Å². The van der Waals surface area contributed by atoms with Crippen LogP contribution in [0.2, 0.25) is 36.3 Å². The van der Waals surface area contributed by atoms with Gasteiger partial charge in [-0.2, -0.15) is 0 Å². The Kier molecular flexibility index (Phi) is 10.5. The fraction of sp³-hybridized carbons (Fsp3) is 0.816. The van der Waals surface area contributed by atoms with Crippen molar-refractivity contribution < 1.29 is 18.4 Å². The van der Waals surface area contributed by atoms with Gasteiger partial charge in [-0.25, -0.2) is 0 Å². The number of carbonyl (C=O) groups is 1. The Hall–Kier alpha value is -0.956. The molecule has 0 spiro atoms. The zero-order chi connectivity index (χ0) is 32.9. The molecule has 0 aromatic carbocycles. The number of ether oxygens (including phenoxy) is 1. The number of allylic oxidation sites excluding steroid dienone is 3. The number of rotatable bonds is 8. The van der Waals surface area contributed by atoms with Crippen LogP contribution in [0.1, 0.15) is 120 Å². The Bertz CT molecular complexity index is 1140. The van der Waals surface area contributed by atoms with Crippen LogP contribution in [0.15, 0.2) is 35.5 Å². The van der Waals surface area contributed by atoms with E-state index in [0.717, 1.165) is 25.7 Å². The van der Waals surface area contributed by atoms with Crippen LogP contribution >= 0.6 is 0 Å². The molecule has 1 saturated heterocycles. The first-order chi connectivity index (χ1) is 20.1. The molecule has 0 aromatic heterocycles. The van der Waals surface area contributed by atoms with E-state index in [-0.39, 0.29) is 34.4 Å². The SMILES string of the molecule is C=C1C(=CC=C2CCC[C@@]3(C)C2CC[C@@H]3[C@H](C)CC2CCC(=O)O2)C[C@@H](O[Si](C)(C)C(C)(C)C)C[C@@H]1O[Si](C)(C)C(C)(C)C. The van der Waals surface area contributed by atoms with Crippen LogP contribution in [0.4, 0.5) is 0 Å². The molecule has 1 heterocycles. The first-order valence-electron chi connectivity index (χ1n) is 17.8. The number of cyclic esters (lactones) is 1. The van der Waals surface area contributed by atoms with Gasteiger partial charge in [0.15, 0.2) is 16.6 Å². The Morgan fingerprint density at radius 1 is 0.977 bits per heavy atom. The van der Waals surface area contributed by atoms with Gasteiger partial charge in [-0.3, -0.25) is 4.79 Å². The fourth-order valence-corrected chi connectivity index (χ4v) is 11.0. The van der Waals surface area contributed by atoms with E-state index in [4.69, 9.17) is 13.6 Å². The van der Waals surface area contributed by atoms with E-state index in [1.165, 1.54) is 43.3 Å². The highest BCUT2D eigenvalue weighted by molar-refractivity contribution is 6.74. The van der Waals surface area contributed by atoms with Crippen molar-refractivity contribution in [3.05, 3.63) is 35.5 Å². The number of hydrogen-bond donors (Lipinski definition) is 0. The van der Waals surface area contributed by atoms with Gasteiger partial charge in [0.05, 0.1) is 12.2 Å². The molecule has 0 bridgehead atoms. The van der Waals surface area contributed by atoms with Crippen molar-refractivity contribution in [2.45, 2.75) is 174 Å². The van der Waals surface area contributed by atoms with Crippen LogP contribution in [-0.2, 0) is 18.4 Å². The lowest BCUT2D eigenvalue weighted by atomic mass is 9.60. The highest BCUT2D eigenvalue weighted by Crippen LogP contribution is 2.60. The first-order valence-corrected chi connectivity index (χ1v) is 23.6. The summed E-state index contributed by atoms with van der Waals surface area (Å²) in [6.07, 6.45) is 15.9. The summed E-state index contributed by atoms with van der Waals surface area (Å²) in [4.78, 5) is 11.7. The minimum absolute atomic E-state index is 0.00756. The molecule has 2 unspecified atom stereocenters. The third kappa shape index (κ3) is 7.60. The average molecular weight is 643 g/mol. The summed E-state index contributed by atoms with van der Waals surface area (Å²) in [7, 11) is -3.91. The molecular formula is C38H66O4Si2. The van der Waals surface area contributed by atoms with Crippen molar-refractivity contribution in [3.63, 3.8) is 0 Å². The minimum Gasteiger partial charge on any atom is -0.462 e. The molecule has 44 heavy (non-hydrogen) atoms. The molecule has 7 atom stereocenters. The van der Waals surface area contributed by atoms with Crippen LogP contribution < -0.4 is 0 Å². The summed E-state index contributed by atoms with van der Waals surface area (Å²) in [5.41, 5.74) is 4.46. The van der Waals surface area contributed by atoms with E-state index in [1.807, 2.05) is 0 Å². The Morgan fingerprint density at radius 3 is 2.20 bits per heavy atom. The van der Waals surface area contributed by atoms with E-state index in [9.17, 15) is 4.79 Å². The average Bonchev–Trinajstić information content (AvgIpc) is 3.45. The van der Waals surface area contributed by atoms with Gasteiger partial charge in [-0.1, -0.05) is 79.7 Å². The fourth-order valence-electron chi connectivity index (χ4n) is 8.31. The smallest absolute Gasteiger partial charge is 0.306 e. The second-order valence-electron chi connectivity index (χ2n) is 18.2. The van der Waals surface area contributed by atoms with Crippen molar-refractivity contribution in [3.8, 4) is 0 Å². The molecule has 3 saturated carbocycles. The van der Waals surface area contributed by atoms with Crippen LogP contribution in [-0.4, -0.2) is 40.9 Å². The van der Waals surface area contributed by atoms with Gasteiger partial charge >= 0.3 is 5.97 Å². The lowest BCUT2D eigenvalue weighted by molar-refractivity contribution is -0.142. The third-order valence-electron chi connectivity index (χ3n) is 13.1. The molecule has 1 aliphatic heterocycles. The number of esters is 1. The van der Waals surface area contributed by atoms with Crippen molar-refractivity contribution in [1.29, 1.82) is 0 Å². The molecule has 0 aromatic rings. The largest absolute Gasteiger partial charge is 0.462 e. The molecular weight excluding hydrogens is 577 g/mol. The molecule has 4 aliphatic rings. The quantitative estimate of drug-likeness (QED) is 0.195. The Balaban J connectivity index is 1.57. The summed E-state index contributed by atoms with van der Waals surface area (Å²) in [6.45, 7) is 33.1. The summed E-state index contributed by atoms with van der Waals surface area (Å²) >= 11 is 0. The first kappa shape index (κ1) is 35.9. The molecule has 0 amide bonds. The van der Waals surface area contributed by atoms with Crippen LogP contribution in [0, 0.1) is 23.2 Å². The van der Waals surface area contributed by atoms with Crippen molar-refractivity contribution in [2.24, 2.45) is 23.2 Å². The molecule has 6 heteroatoms. The summed E-state index contributed by atoms with van der Waals surface area (Å²) in [5.74, 6) is 1.91. The number of fused-ring (bicyclic) bond motifs is 1. The van der Waals surface area contributed by atoms with E-state index < -0.39 is 16.6 Å². The summed E-state index contributed by atoms with van der Waals surface area (Å²) in [5, 5.41) is 0.319. The van der Waals surface area contributed by atoms with E-state index in [1.54, 1.807) is 5.57 Å². The number of carbonyl (C=O) groups excluding carboxylic acids is 1. The number of hydrogen-bond acceptors (Lipinski definition) is 4. The van der Waals surface area contributed by atoms with E-state index in [2.05, 4.69) is 100 Å². The van der Waals surface area contributed by atoms with E-state index >= 15 is 0 Å². The monoisotopic (exact) mass is 642 g/mol. The zero-order valence-electron chi connectivity index (χ0n) is 30.5. The summed E-state index contributed by atoms with van der Waals surface area (Å²) in [6, 6.07) is 0. The van der Waals surface area contributed by atoms with E-state index in [0.29, 0.717) is 29.6 Å². The molecule has 4 fully saturated rings. The van der Waals surface area contributed by atoms with Gasteiger partial charge in [0, 0.05) is 12.8 Å². The Morgan fingerprint density at radius 2 is 1.61 bits per heavy atom. The summed E-state index contributed by atoms with van der Waals surface area (Å²) < 4.78 is 19.8. The van der Waals surface area contributed by atoms with Gasteiger partial charge in [-0.15, -0.1) is 0 Å². The van der Waals surface area contributed by atoms with Gasteiger partial charge in [0.25, 0.3) is 0 Å². The van der Waals surface area contributed by atoms with Crippen LogP contribution in [0.25, 0.3) is 0 Å². The maximum Gasteiger partial charge on any atom is 0.306 e.